The van der Waals surface area contributed by atoms with Crippen LogP contribution < -0.4 is 0 Å². The zero-order chi connectivity index (χ0) is 39.3. The van der Waals surface area contributed by atoms with Crippen LogP contribution in [-0.2, 0) is 33.3 Å². The highest BCUT2D eigenvalue weighted by Crippen LogP contribution is 2.54. The number of carbonyl (C=O) groups excluding carboxylic acids is 1. The lowest BCUT2D eigenvalue weighted by Gasteiger charge is -2.54. The third-order valence-corrected chi connectivity index (χ3v) is 14.4. The second-order valence-corrected chi connectivity index (χ2v) is 17.9. The van der Waals surface area contributed by atoms with E-state index in [2.05, 4.69) is 20.8 Å². The van der Waals surface area contributed by atoms with Crippen molar-refractivity contribution in [2.75, 3.05) is 0 Å². The molecule has 4 fully saturated rings. The van der Waals surface area contributed by atoms with E-state index in [9.17, 15) is 30.0 Å². The van der Waals surface area contributed by atoms with E-state index in [1.807, 2.05) is 41.5 Å². The summed E-state index contributed by atoms with van der Waals surface area (Å²) in [6, 6.07) is 0. The normalized spacial score (nSPS) is 46.2. The Morgan fingerprint density at radius 1 is 0.887 bits per heavy atom. The second kappa shape index (κ2) is 16.2. The molecular weight excluding hydrogens is 680 g/mol. The summed E-state index contributed by atoms with van der Waals surface area (Å²) < 4.78 is 33.5. The molecule has 304 valence electrons. The monoisotopic (exact) mass is 750 g/mol. The molecule has 0 saturated carbocycles. The summed E-state index contributed by atoms with van der Waals surface area (Å²) in [7, 11) is 0. The molecule has 11 nitrogen and oxygen atoms in total. The van der Waals surface area contributed by atoms with Gasteiger partial charge in [-0.1, -0.05) is 55.4 Å². The summed E-state index contributed by atoms with van der Waals surface area (Å²) in [4.78, 5) is 26.4. The van der Waals surface area contributed by atoms with Gasteiger partial charge >= 0.3 is 5.97 Å². The molecule has 0 aliphatic carbocycles. The first kappa shape index (κ1) is 42.7. The van der Waals surface area contributed by atoms with Gasteiger partial charge in [0.2, 0.25) is 5.79 Å². The van der Waals surface area contributed by atoms with Crippen LogP contribution >= 0.6 is 0 Å². The smallest absolute Gasteiger partial charge is 0.309 e. The second-order valence-electron chi connectivity index (χ2n) is 17.9. The zero-order valence-electron chi connectivity index (χ0n) is 34.0. The Kier molecular flexibility index (Phi) is 13.0. The minimum atomic E-state index is -1.37. The molecule has 2 spiro atoms. The number of aliphatic hydroxyl groups is 3. The molecule has 0 aromatic rings. The van der Waals surface area contributed by atoms with Crippen molar-refractivity contribution in [3.8, 4) is 0 Å². The average molecular weight is 751 g/mol. The fraction of sp³-hybridized carbons (Fsp3) is 0.905. The van der Waals surface area contributed by atoms with E-state index < -0.39 is 76.8 Å². The molecule has 1 unspecified atom stereocenters. The lowest BCUT2D eigenvalue weighted by atomic mass is 9.72. The predicted molar refractivity (Wildman–Crippen MR) is 199 cm³/mol. The molecule has 0 amide bonds. The maximum atomic E-state index is 14.4. The Morgan fingerprint density at radius 3 is 2.17 bits per heavy atom. The number of aliphatic hydroxyl groups excluding tert-OH is 2. The van der Waals surface area contributed by atoms with Gasteiger partial charge in [0, 0.05) is 30.1 Å². The number of ether oxygens (including phenoxy) is 5. The SMILES string of the molecule is CC[C@@H](C(=O)O)C1CC[C@H](C)[C@H]([C@@H](C)[C@H](O)[C@H](C)C(=O)[C@H](CC)[C@H]2O[C@]3(C=C[C@@H](O)[C@]4(CC[C@@](C)([C@H]5CC[C@](O)(CC)[C@H](C)O5)O4)O3)[C@H](C)C[C@@H]2C)O1. The van der Waals surface area contributed by atoms with E-state index in [0.29, 0.717) is 57.8 Å². The van der Waals surface area contributed by atoms with E-state index in [1.54, 1.807) is 19.1 Å². The highest BCUT2D eigenvalue weighted by Gasteiger charge is 2.63. The molecule has 0 aromatic heterocycles. The van der Waals surface area contributed by atoms with Crippen LogP contribution in [0.3, 0.4) is 0 Å². The lowest BCUT2D eigenvalue weighted by Crippen LogP contribution is -2.63. The molecule has 5 heterocycles. The summed E-state index contributed by atoms with van der Waals surface area (Å²) in [5.41, 5.74) is -1.63. The summed E-state index contributed by atoms with van der Waals surface area (Å²) in [6.07, 6.45) is 5.51. The summed E-state index contributed by atoms with van der Waals surface area (Å²) in [6.45, 7) is 19.6. The number of carboxylic acids is 1. The van der Waals surface area contributed by atoms with Crippen LogP contribution in [-0.4, -0.2) is 97.7 Å². The zero-order valence-corrected chi connectivity index (χ0v) is 34.0. The number of carboxylic acid groups (broad SMARTS) is 1. The van der Waals surface area contributed by atoms with Gasteiger partial charge in [-0.15, -0.1) is 0 Å². The van der Waals surface area contributed by atoms with Crippen molar-refractivity contribution in [2.24, 2.45) is 41.4 Å². The van der Waals surface area contributed by atoms with Gasteiger partial charge in [-0.3, -0.25) is 9.59 Å². The van der Waals surface area contributed by atoms with E-state index >= 15 is 0 Å². The molecule has 53 heavy (non-hydrogen) atoms. The molecular formula is C42H70O11. The Balaban J connectivity index is 1.31. The van der Waals surface area contributed by atoms with Crippen molar-refractivity contribution >= 4 is 11.8 Å². The Hall–Kier alpha value is -1.44. The summed E-state index contributed by atoms with van der Waals surface area (Å²) in [5, 5.41) is 44.0. The number of Topliss-reactive ketones (excluding diaryl/α,β-unsaturated/α-hetero) is 1. The van der Waals surface area contributed by atoms with Gasteiger partial charge in [0.05, 0.1) is 53.7 Å². The van der Waals surface area contributed by atoms with Crippen molar-refractivity contribution in [3.63, 3.8) is 0 Å². The third kappa shape index (κ3) is 7.94. The van der Waals surface area contributed by atoms with E-state index in [1.165, 1.54) is 0 Å². The fourth-order valence-electron chi connectivity index (χ4n) is 10.5. The number of ketones is 1. The van der Waals surface area contributed by atoms with Gasteiger partial charge in [0.1, 0.15) is 11.9 Å². The van der Waals surface area contributed by atoms with Crippen molar-refractivity contribution in [3.05, 3.63) is 12.2 Å². The molecule has 18 atom stereocenters. The molecule has 4 N–H and O–H groups in total. The third-order valence-electron chi connectivity index (χ3n) is 14.4. The van der Waals surface area contributed by atoms with Crippen molar-refractivity contribution in [2.45, 2.75) is 199 Å². The first-order valence-electron chi connectivity index (χ1n) is 20.7. The van der Waals surface area contributed by atoms with E-state index in [4.69, 9.17) is 23.7 Å². The quantitative estimate of drug-likeness (QED) is 0.169. The number of rotatable bonds is 12. The van der Waals surface area contributed by atoms with Gasteiger partial charge in [-0.25, -0.2) is 0 Å². The highest BCUT2D eigenvalue weighted by molar-refractivity contribution is 5.84. The summed E-state index contributed by atoms with van der Waals surface area (Å²) >= 11 is 0. The van der Waals surface area contributed by atoms with Crippen molar-refractivity contribution in [1.29, 1.82) is 0 Å². The topological polar surface area (TPSA) is 161 Å². The van der Waals surface area contributed by atoms with Crippen LogP contribution in [0.1, 0.15) is 133 Å². The first-order chi connectivity index (χ1) is 24.8. The number of aliphatic carboxylic acids is 1. The molecule has 5 aliphatic rings. The maximum absolute atomic E-state index is 14.4. The van der Waals surface area contributed by atoms with Crippen molar-refractivity contribution in [1.82, 2.24) is 0 Å². The minimum absolute atomic E-state index is 0.0137. The van der Waals surface area contributed by atoms with Crippen LogP contribution in [0.4, 0.5) is 0 Å². The number of carbonyl (C=O) groups is 2. The molecule has 0 radical (unpaired) electrons. The standard InChI is InChI=1S/C42H70O11/c1-11-29(38(46)47)31-15-14-23(4)36(50-31)27(8)34(44)26(7)35(45)30(12-2)37-24(5)22-25(6)41(51-37)19-16-32(43)42(53-41)21-20-39(10,52-42)33-17-18-40(48,13-3)28(9)49-33/h16,19,23-34,36-37,43-44,48H,11-15,17-18,20-22H2,1-10H3,(H,46,47)/t23-,24-,25+,26-,27-,28-,29+,30-,31?,32+,33+,34+,36+,37-,39-,40+,41-,42-/m0/s1. The molecule has 5 aliphatic heterocycles. The van der Waals surface area contributed by atoms with Gasteiger partial charge < -0.3 is 44.1 Å². The number of hydrogen-bond donors (Lipinski definition) is 4. The predicted octanol–water partition coefficient (Wildman–Crippen LogP) is 6.19. The van der Waals surface area contributed by atoms with E-state index in [0.717, 1.165) is 6.42 Å². The fourth-order valence-corrected chi connectivity index (χ4v) is 10.5. The van der Waals surface area contributed by atoms with Gasteiger partial charge in [0.15, 0.2) is 5.79 Å². The average Bonchev–Trinajstić information content (AvgIpc) is 3.47. The minimum Gasteiger partial charge on any atom is -0.481 e. The Labute approximate surface area is 317 Å². The maximum Gasteiger partial charge on any atom is 0.309 e. The lowest BCUT2D eigenvalue weighted by molar-refractivity contribution is -0.409. The van der Waals surface area contributed by atoms with Gasteiger partial charge in [-0.05, 0) is 95.6 Å². The van der Waals surface area contributed by atoms with Crippen LogP contribution in [0.25, 0.3) is 0 Å². The summed E-state index contributed by atoms with van der Waals surface area (Å²) in [5.74, 6) is -5.78. The molecule has 5 rings (SSSR count). The van der Waals surface area contributed by atoms with Crippen LogP contribution in [0.2, 0.25) is 0 Å². The molecule has 4 saturated heterocycles. The van der Waals surface area contributed by atoms with Gasteiger partial charge in [0.25, 0.3) is 0 Å². The van der Waals surface area contributed by atoms with E-state index in [-0.39, 0.29) is 41.8 Å². The van der Waals surface area contributed by atoms with Crippen LogP contribution in [0.5, 0.6) is 0 Å². The Bertz CT molecular complexity index is 1320. The largest absolute Gasteiger partial charge is 0.481 e. The Morgan fingerprint density at radius 2 is 1.57 bits per heavy atom. The van der Waals surface area contributed by atoms with Gasteiger partial charge in [-0.2, -0.15) is 0 Å². The van der Waals surface area contributed by atoms with Crippen LogP contribution in [0, 0.1) is 41.4 Å². The number of hydrogen-bond acceptors (Lipinski definition) is 10. The van der Waals surface area contributed by atoms with Crippen molar-refractivity contribution < 1.29 is 53.7 Å². The molecule has 0 aromatic carbocycles. The molecule has 11 heteroatoms. The van der Waals surface area contributed by atoms with Crippen LogP contribution in [0.15, 0.2) is 12.2 Å². The highest BCUT2D eigenvalue weighted by atomic mass is 16.8. The first-order valence-corrected chi connectivity index (χ1v) is 20.7. The molecule has 0 bridgehead atoms.